The molecule has 0 radical (unpaired) electrons. The van der Waals surface area contributed by atoms with Crippen LogP contribution >= 0.6 is 0 Å². The van der Waals surface area contributed by atoms with Crippen molar-refractivity contribution in [3.63, 3.8) is 0 Å². The predicted octanol–water partition coefficient (Wildman–Crippen LogP) is 6.12. The number of alkyl halides is 2. The molecule has 0 bridgehead atoms. The molecule has 0 amide bonds. The number of hydrogen-bond donors (Lipinski definition) is 1. The Morgan fingerprint density at radius 2 is 1.94 bits per heavy atom. The van der Waals surface area contributed by atoms with E-state index in [9.17, 15) is 18.7 Å². The number of nitrogens with zero attached hydrogens (tertiary/aromatic N) is 2. The average molecular weight is 478 g/mol. The molecule has 8 heteroatoms. The third kappa shape index (κ3) is 4.61. The maximum atomic E-state index is 13.2. The molecule has 35 heavy (non-hydrogen) atoms. The Hall–Kier alpha value is -3.78. The summed E-state index contributed by atoms with van der Waals surface area (Å²) in [5.74, 6) is -0.585. The maximum Gasteiger partial charge on any atom is 0.387 e. The van der Waals surface area contributed by atoms with Crippen molar-refractivity contribution in [3.05, 3.63) is 71.8 Å². The van der Waals surface area contributed by atoms with Crippen molar-refractivity contribution in [3.8, 4) is 28.3 Å². The van der Waals surface area contributed by atoms with E-state index >= 15 is 0 Å². The number of carboxylic acid groups (broad SMARTS) is 1. The molecule has 1 atom stereocenters. The number of likely N-dealkylation sites (tertiary alicyclic amines) is 1. The van der Waals surface area contributed by atoms with Gasteiger partial charge in [-0.2, -0.15) is 8.78 Å². The molecule has 1 aliphatic rings. The normalized spacial score (nSPS) is 16.3. The smallest absolute Gasteiger partial charge is 0.387 e. The topological polar surface area (TPSA) is 75.8 Å². The molecule has 5 rings (SSSR count). The van der Waals surface area contributed by atoms with Crippen LogP contribution in [0.3, 0.4) is 0 Å². The second-order valence-corrected chi connectivity index (χ2v) is 8.64. The predicted molar refractivity (Wildman–Crippen MR) is 127 cm³/mol. The number of hydrogen-bond acceptors (Lipinski definition) is 5. The fraction of sp³-hybridized carbons (Fsp3) is 0.259. The Kier molecular flexibility index (Phi) is 6.21. The summed E-state index contributed by atoms with van der Waals surface area (Å²) < 4.78 is 37.1. The number of benzene rings is 3. The minimum atomic E-state index is -3.02. The van der Waals surface area contributed by atoms with E-state index in [0.29, 0.717) is 35.5 Å². The second kappa shape index (κ2) is 9.46. The molecule has 6 nitrogen and oxygen atoms in total. The molecular weight excluding hydrogens is 454 g/mol. The maximum absolute atomic E-state index is 13.2. The molecular formula is C27H24F2N2O4. The van der Waals surface area contributed by atoms with Gasteiger partial charge in [0.2, 0.25) is 5.89 Å². The van der Waals surface area contributed by atoms with Gasteiger partial charge in [0.25, 0.3) is 0 Å². The molecule has 0 unspecified atom stereocenters. The number of rotatable bonds is 7. The Labute approximate surface area is 200 Å². The number of halogens is 2. The van der Waals surface area contributed by atoms with Gasteiger partial charge in [-0.25, -0.2) is 4.98 Å². The molecule has 1 aromatic heterocycles. The largest absolute Gasteiger partial charge is 0.480 e. The van der Waals surface area contributed by atoms with Crippen LogP contribution in [0.25, 0.3) is 33.7 Å². The highest BCUT2D eigenvalue weighted by Crippen LogP contribution is 2.36. The highest BCUT2D eigenvalue weighted by Gasteiger charge is 2.31. The first kappa shape index (κ1) is 23.0. The van der Waals surface area contributed by atoms with Gasteiger partial charge >= 0.3 is 12.6 Å². The van der Waals surface area contributed by atoms with Gasteiger partial charge in [-0.1, -0.05) is 42.5 Å². The first-order valence-electron chi connectivity index (χ1n) is 11.4. The number of aromatic nitrogens is 1. The first-order valence-corrected chi connectivity index (χ1v) is 11.4. The molecule has 3 aromatic carbocycles. The molecule has 1 N–H and O–H groups in total. The molecule has 0 spiro atoms. The Morgan fingerprint density at radius 1 is 1.17 bits per heavy atom. The SMILES string of the molecule is Cc1c(-c2ccccc2)cccc1-c1nc2cc(CN3CCC[C@H]3C(=O)O)c(OC(F)F)cc2o1. The van der Waals surface area contributed by atoms with Crippen LogP contribution in [0.4, 0.5) is 8.78 Å². The fourth-order valence-electron chi connectivity index (χ4n) is 4.75. The van der Waals surface area contributed by atoms with Crippen molar-refractivity contribution in [2.75, 3.05) is 6.54 Å². The lowest BCUT2D eigenvalue weighted by Crippen LogP contribution is -2.35. The van der Waals surface area contributed by atoms with Crippen LogP contribution in [0, 0.1) is 6.92 Å². The van der Waals surface area contributed by atoms with Gasteiger partial charge in [0, 0.05) is 23.7 Å². The Bertz CT molecular complexity index is 1370. The van der Waals surface area contributed by atoms with Crippen molar-refractivity contribution in [2.24, 2.45) is 0 Å². The van der Waals surface area contributed by atoms with E-state index in [1.807, 2.05) is 55.5 Å². The number of aliphatic carboxylic acids is 1. The zero-order valence-corrected chi connectivity index (χ0v) is 19.1. The zero-order valence-electron chi connectivity index (χ0n) is 19.1. The Morgan fingerprint density at radius 3 is 2.69 bits per heavy atom. The van der Waals surface area contributed by atoms with Gasteiger partial charge < -0.3 is 14.3 Å². The molecule has 1 aliphatic heterocycles. The standard InChI is InChI=1S/C27H24F2N2O4/c1-16-19(17-7-3-2-4-8-17)9-5-10-20(16)25-30-21-13-18(15-31-12-6-11-22(31)26(32)33)23(35-27(28)29)14-24(21)34-25/h2-5,7-10,13-14,22,27H,6,11-12,15H2,1H3,(H,32,33)/t22-/m0/s1. The molecule has 1 fully saturated rings. The lowest BCUT2D eigenvalue weighted by Gasteiger charge is -2.22. The number of oxazole rings is 1. The van der Waals surface area contributed by atoms with Crippen molar-refractivity contribution in [2.45, 2.75) is 39.0 Å². The molecule has 180 valence electrons. The van der Waals surface area contributed by atoms with Gasteiger partial charge in [0.05, 0.1) is 0 Å². The molecule has 2 heterocycles. The number of ether oxygens (including phenoxy) is 1. The molecule has 1 saturated heterocycles. The van der Waals surface area contributed by atoms with E-state index < -0.39 is 18.6 Å². The van der Waals surface area contributed by atoms with E-state index in [2.05, 4.69) is 4.98 Å². The minimum Gasteiger partial charge on any atom is -0.480 e. The van der Waals surface area contributed by atoms with Crippen LogP contribution in [-0.2, 0) is 11.3 Å². The van der Waals surface area contributed by atoms with Gasteiger partial charge in [0.15, 0.2) is 5.58 Å². The Balaban J connectivity index is 1.55. The van der Waals surface area contributed by atoms with Crippen molar-refractivity contribution >= 4 is 17.1 Å². The van der Waals surface area contributed by atoms with E-state index in [0.717, 1.165) is 28.7 Å². The summed E-state index contributed by atoms with van der Waals surface area (Å²) in [6, 6.07) is 18.2. The molecule has 4 aromatic rings. The van der Waals surface area contributed by atoms with E-state index in [4.69, 9.17) is 9.15 Å². The van der Waals surface area contributed by atoms with E-state index in [-0.39, 0.29) is 12.3 Å². The minimum absolute atomic E-state index is 0.0407. The zero-order chi connectivity index (χ0) is 24.5. The molecule has 0 aliphatic carbocycles. The van der Waals surface area contributed by atoms with E-state index in [1.165, 1.54) is 6.07 Å². The van der Waals surface area contributed by atoms with Crippen LogP contribution in [0.15, 0.2) is 65.1 Å². The summed E-state index contributed by atoms with van der Waals surface area (Å²) >= 11 is 0. The quantitative estimate of drug-likeness (QED) is 0.345. The van der Waals surface area contributed by atoms with Crippen molar-refractivity contribution in [1.82, 2.24) is 9.88 Å². The van der Waals surface area contributed by atoms with Crippen LogP contribution in [0.2, 0.25) is 0 Å². The van der Waals surface area contributed by atoms with E-state index in [1.54, 1.807) is 11.0 Å². The van der Waals surface area contributed by atoms with Crippen molar-refractivity contribution in [1.29, 1.82) is 0 Å². The lowest BCUT2D eigenvalue weighted by molar-refractivity contribution is -0.142. The third-order valence-corrected chi connectivity index (χ3v) is 6.46. The number of carbonyl (C=O) groups is 1. The lowest BCUT2D eigenvalue weighted by atomic mass is 9.96. The van der Waals surface area contributed by atoms with Crippen LogP contribution < -0.4 is 4.74 Å². The monoisotopic (exact) mass is 478 g/mol. The highest BCUT2D eigenvalue weighted by atomic mass is 19.3. The van der Waals surface area contributed by atoms with Gasteiger partial charge in [-0.3, -0.25) is 9.69 Å². The fourth-order valence-corrected chi connectivity index (χ4v) is 4.75. The summed E-state index contributed by atoms with van der Waals surface area (Å²) in [6.07, 6.45) is 1.25. The molecule has 0 saturated carbocycles. The summed E-state index contributed by atoms with van der Waals surface area (Å²) in [6.45, 7) is -0.298. The third-order valence-electron chi connectivity index (χ3n) is 6.46. The van der Waals surface area contributed by atoms with Crippen LogP contribution in [0.5, 0.6) is 5.75 Å². The number of carboxylic acids is 1. The first-order chi connectivity index (χ1) is 16.9. The second-order valence-electron chi connectivity index (χ2n) is 8.64. The van der Waals surface area contributed by atoms with Crippen molar-refractivity contribution < 1.29 is 27.8 Å². The summed E-state index contributed by atoms with van der Waals surface area (Å²) in [7, 11) is 0. The van der Waals surface area contributed by atoms with Crippen LogP contribution in [0.1, 0.15) is 24.0 Å². The highest BCUT2D eigenvalue weighted by molar-refractivity contribution is 5.82. The summed E-state index contributed by atoms with van der Waals surface area (Å²) in [4.78, 5) is 18.0. The average Bonchev–Trinajstić information content (AvgIpc) is 3.46. The van der Waals surface area contributed by atoms with Gasteiger partial charge in [0.1, 0.15) is 17.3 Å². The number of fused-ring (bicyclic) bond motifs is 1. The van der Waals surface area contributed by atoms with Gasteiger partial charge in [-0.15, -0.1) is 0 Å². The summed E-state index contributed by atoms with van der Waals surface area (Å²) in [5, 5.41) is 9.49. The summed E-state index contributed by atoms with van der Waals surface area (Å²) in [5.41, 5.74) is 5.15. The van der Waals surface area contributed by atoms with Crippen LogP contribution in [-0.4, -0.2) is 40.2 Å². The van der Waals surface area contributed by atoms with Gasteiger partial charge in [-0.05, 0) is 55.1 Å².